The van der Waals surface area contributed by atoms with Crippen molar-refractivity contribution in [3.63, 3.8) is 0 Å². The fourth-order valence-corrected chi connectivity index (χ4v) is 3.80. The molecular weight excluding hydrogens is 254 g/mol. The first-order chi connectivity index (χ1) is 9.25. The summed E-state index contributed by atoms with van der Waals surface area (Å²) in [7, 11) is 0. The summed E-state index contributed by atoms with van der Waals surface area (Å²) >= 11 is 4.27. The lowest BCUT2D eigenvalue weighted by Crippen LogP contribution is -2.39. The summed E-state index contributed by atoms with van der Waals surface area (Å²) in [4.78, 5) is 15.7. The first-order valence-electron chi connectivity index (χ1n) is 7.36. The molecule has 1 saturated heterocycles. The van der Waals surface area contributed by atoms with Gasteiger partial charge in [-0.1, -0.05) is 12.8 Å². The van der Waals surface area contributed by atoms with Crippen LogP contribution in [-0.4, -0.2) is 23.4 Å². The van der Waals surface area contributed by atoms with E-state index in [1.54, 1.807) is 0 Å². The molecule has 1 atom stereocenters. The zero-order valence-corrected chi connectivity index (χ0v) is 12.1. The van der Waals surface area contributed by atoms with E-state index in [2.05, 4.69) is 17.5 Å². The van der Waals surface area contributed by atoms with Gasteiger partial charge in [-0.15, -0.1) is 12.6 Å². The number of hydrogen-bond acceptors (Lipinski definition) is 2. The number of hydrogen-bond donors (Lipinski definition) is 1. The maximum Gasteiger partial charge on any atom is 0.254 e. The largest absolute Gasteiger partial charge is 0.335 e. The van der Waals surface area contributed by atoms with Gasteiger partial charge < -0.3 is 4.90 Å². The number of likely N-dealkylation sites (tertiary alicyclic amines) is 1. The molecule has 3 heteroatoms. The molecule has 2 aliphatic rings. The van der Waals surface area contributed by atoms with Gasteiger partial charge in [0.1, 0.15) is 0 Å². The Morgan fingerprint density at radius 1 is 1.05 bits per heavy atom. The highest BCUT2D eigenvalue weighted by Crippen LogP contribution is 2.36. The second-order valence-electron chi connectivity index (χ2n) is 5.80. The van der Waals surface area contributed by atoms with Gasteiger partial charge in [0.25, 0.3) is 5.91 Å². The highest BCUT2D eigenvalue weighted by Gasteiger charge is 2.36. The van der Waals surface area contributed by atoms with Gasteiger partial charge in [-0.25, -0.2) is 0 Å². The van der Waals surface area contributed by atoms with E-state index < -0.39 is 0 Å². The third-order valence-corrected chi connectivity index (χ3v) is 4.92. The highest BCUT2D eigenvalue weighted by molar-refractivity contribution is 7.80. The van der Waals surface area contributed by atoms with Crippen LogP contribution < -0.4 is 0 Å². The van der Waals surface area contributed by atoms with E-state index in [-0.39, 0.29) is 5.91 Å². The SMILES string of the molecule is O=C(c1ccc(S)cc1)N1CCCC1C1CCCC1. The fraction of sp³-hybridized carbons (Fsp3) is 0.562. The predicted octanol–water partition coefficient (Wildman–Crippen LogP) is 3.77. The van der Waals surface area contributed by atoms with E-state index >= 15 is 0 Å². The number of thiol groups is 1. The normalized spacial score (nSPS) is 24.1. The van der Waals surface area contributed by atoms with Gasteiger partial charge in [0.15, 0.2) is 0 Å². The number of carbonyl (C=O) groups is 1. The van der Waals surface area contributed by atoms with Gasteiger partial charge in [0.2, 0.25) is 0 Å². The summed E-state index contributed by atoms with van der Waals surface area (Å²) in [5, 5.41) is 0. The lowest BCUT2D eigenvalue weighted by atomic mass is 9.95. The molecule has 1 aromatic carbocycles. The second-order valence-corrected chi connectivity index (χ2v) is 6.32. The number of nitrogens with zero attached hydrogens (tertiary/aromatic N) is 1. The molecule has 1 aliphatic heterocycles. The molecule has 1 saturated carbocycles. The summed E-state index contributed by atoms with van der Waals surface area (Å²) in [6.45, 7) is 0.933. The van der Waals surface area contributed by atoms with Crippen LogP contribution in [0.2, 0.25) is 0 Å². The maximum atomic E-state index is 12.6. The predicted molar refractivity (Wildman–Crippen MR) is 79.7 cm³/mol. The first kappa shape index (κ1) is 13.0. The molecular formula is C16H21NOS. The van der Waals surface area contributed by atoms with E-state index in [1.165, 1.54) is 32.1 Å². The van der Waals surface area contributed by atoms with Crippen molar-refractivity contribution in [3.8, 4) is 0 Å². The molecule has 1 unspecified atom stereocenters. The number of amides is 1. The zero-order chi connectivity index (χ0) is 13.2. The Morgan fingerprint density at radius 3 is 2.42 bits per heavy atom. The average molecular weight is 275 g/mol. The van der Waals surface area contributed by atoms with E-state index in [9.17, 15) is 4.79 Å². The Bertz CT molecular complexity index is 450. The van der Waals surface area contributed by atoms with Crippen LogP contribution in [0.15, 0.2) is 29.2 Å². The topological polar surface area (TPSA) is 20.3 Å². The van der Waals surface area contributed by atoms with Crippen LogP contribution in [0.25, 0.3) is 0 Å². The molecule has 2 nitrogen and oxygen atoms in total. The van der Waals surface area contributed by atoms with Crippen LogP contribution in [0.1, 0.15) is 48.9 Å². The Kier molecular flexibility index (Phi) is 3.83. The molecule has 19 heavy (non-hydrogen) atoms. The minimum absolute atomic E-state index is 0.211. The van der Waals surface area contributed by atoms with Gasteiger partial charge in [0, 0.05) is 23.0 Å². The van der Waals surface area contributed by atoms with Gasteiger partial charge in [-0.3, -0.25) is 4.79 Å². The highest BCUT2D eigenvalue weighted by atomic mass is 32.1. The molecule has 0 bridgehead atoms. The third-order valence-electron chi connectivity index (χ3n) is 4.62. The van der Waals surface area contributed by atoms with E-state index in [4.69, 9.17) is 0 Å². The Hall–Kier alpha value is -0.960. The molecule has 3 rings (SSSR count). The Balaban J connectivity index is 1.76. The molecule has 1 heterocycles. The molecule has 0 radical (unpaired) electrons. The minimum atomic E-state index is 0.211. The summed E-state index contributed by atoms with van der Waals surface area (Å²) in [5.74, 6) is 0.957. The molecule has 1 aliphatic carbocycles. The Labute approximate surface area is 120 Å². The second kappa shape index (κ2) is 5.58. The van der Waals surface area contributed by atoms with Crippen molar-refractivity contribution in [1.82, 2.24) is 4.90 Å². The number of rotatable bonds is 2. The molecule has 1 aromatic rings. The van der Waals surface area contributed by atoms with Gasteiger partial charge >= 0.3 is 0 Å². The van der Waals surface area contributed by atoms with Crippen LogP contribution in [-0.2, 0) is 0 Å². The average Bonchev–Trinajstić information content (AvgIpc) is 3.09. The molecule has 102 valence electrons. The van der Waals surface area contributed by atoms with Crippen LogP contribution in [0.5, 0.6) is 0 Å². The fourth-order valence-electron chi connectivity index (χ4n) is 3.65. The van der Waals surface area contributed by atoms with E-state index in [1.807, 2.05) is 24.3 Å². The van der Waals surface area contributed by atoms with Crippen LogP contribution in [0, 0.1) is 5.92 Å². The standard InChI is InChI=1S/C16H21NOS/c18-16(13-7-9-14(19)10-8-13)17-11-3-6-15(17)12-4-1-2-5-12/h7-10,12,15,19H,1-6,11H2. The summed E-state index contributed by atoms with van der Waals surface area (Å²) < 4.78 is 0. The van der Waals surface area contributed by atoms with Crippen LogP contribution >= 0.6 is 12.6 Å². The zero-order valence-electron chi connectivity index (χ0n) is 11.2. The first-order valence-corrected chi connectivity index (χ1v) is 7.80. The van der Waals surface area contributed by atoms with Gasteiger partial charge in [-0.05, 0) is 55.9 Å². The van der Waals surface area contributed by atoms with E-state index in [0.29, 0.717) is 6.04 Å². The molecule has 2 fully saturated rings. The van der Waals surface area contributed by atoms with Crippen molar-refractivity contribution in [1.29, 1.82) is 0 Å². The van der Waals surface area contributed by atoms with Crippen molar-refractivity contribution in [3.05, 3.63) is 29.8 Å². The third kappa shape index (κ3) is 2.66. The summed E-state index contributed by atoms with van der Waals surface area (Å²) in [6, 6.07) is 8.09. The van der Waals surface area contributed by atoms with Gasteiger partial charge in [0.05, 0.1) is 0 Å². The van der Waals surface area contributed by atoms with E-state index in [0.717, 1.165) is 29.3 Å². The van der Waals surface area contributed by atoms with Crippen molar-refractivity contribution in [2.45, 2.75) is 49.5 Å². The Morgan fingerprint density at radius 2 is 1.74 bits per heavy atom. The summed E-state index contributed by atoms with van der Waals surface area (Å²) in [5.41, 5.74) is 0.808. The van der Waals surface area contributed by atoms with Crippen molar-refractivity contribution < 1.29 is 4.79 Å². The molecule has 0 spiro atoms. The number of carbonyl (C=O) groups excluding carboxylic acids is 1. The molecule has 0 N–H and O–H groups in total. The molecule has 0 aromatic heterocycles. The minimum Gasteiger partial charge on any atom is -0.335 e. The van der Waals surface area contributed by atoms with Crippen molar-refractivity contribution >= 4 is 18.5 Å². The molecule has 1 amide bonds. The van der Waals surface area contributed by atoms with Crippen LogP contribution in [0.4, 0.5) is 0 Å². The number of benzene rings is 1. The van der Waals surface area contributed by atoms with Gasteiger partial charge in [-0.2, -0.15) is 0 Å². The van der Waals surface area contributed by atoms with Crippen molar-refractivity contribution in [2.24, 2.45) is 5.92 Å². The lowest BCUT2D eigenvalue weighted by Gasteiger charge is -2.29. The lowest BCUT2D eigenvalue weighted by molar-refractivity contribution is 0.0689. The monoisotopic (exact) mass is 275 g/mol. The smallest absolute Gasteiger partial charge is 0.254 e. The summed E-state index contributed by atoms with van der Waals surface area (Å²) in [6.07, 6.45) is 7.67. The quantitative estimate of drug-likeness (QED) is 0.815. The van der Waals surface area contributed by atoms with Crippen molar-refractivity contribution in [2.75, 3.05) is 6.54 Å². The maximum absolute atomic E-state index is 12.6. The van der Waals surface area contributed by atoms with Crippen LogP contribution in [0.3, 0.4) is 0 Å².